The van der Waals surface area contributed by atoms with E-state index < -0.39 is 0 Å². The first-order valence-corrected chi connectivity index (χ1v) is 9.82. The molecule has 0 saturated carbocycles. The van der Waals surface area contributed by atoms with Gasteiger partial charge in [0.15, 0.2) is 11.5 Å². The fraction of sp³-hybridized carbons (Fsp3) is 0.435. The Hall–Kier alpha value is -2.73. The molecule has 1 atom stereocenters. The van der Waals surface area contributed by atoms with E-state index in [0.29, 0.717) is 31.2 Å². The molecule has 0 heterocycles. The van der Waals surface area contributed by atoms with Gasteiger partial charge in [-0.15, -0.1) is 0 Å². The summed E-state index contributed by atoms with van der Waals surface area (Å²) < 4.78 is 16.3. The molecule has 0 aliphatic rings. The van der Waals surface area contributed by atoms with E-state index >= 15 is 0 Å². The summed E-state index contributed by atoms with van der Waals surface area (Å²) in [4.78, 5) is 14.5. The van der Waals surface area contributed by atoms with E-state index in [9.17, 15) is 4.79 Å². The number of carbonyl (C=O) groups is 1. The second kappa shape index (κ2) is 11.3. The van der Waals surface area contributed by atoms with E-state index in [-0.39, 0.29) is 17.9 Å². The molecule has 0 saturated heterocycles. The quantitative estimate of drug-likeness (QED) is 0.625. The average molecular weight is 401 g/mol. The maximum atomic E-state index is 12.6. The van der Waals surface area contributed by atoms with Gasteiger partial charge in [0.05, 0.1) is 26.8 Å². The number of methoxy groups -OCH3 is 2. The van der Waals surface area contributed by atoms with Crippen LogP contribution in [0.1, 0.15) is 25.5 Å². The zero-order valence-corrected chi connectivity index (χ0v) is 18.0. The number of likely N-dealkylation sites (N-methyl/N-ethyl adjacent to an activating group) is 1. The highest BCUT2D eigenvalue weighted by Gasteiger charge is 2.19. The van der Waals surface area contributed by atoms with Crippen molar-refractivity contribution < 1.29 is 19.0 Å². The van der Waals surface area contributed by atoms with Crippen molar-refractivity contribution in [2.45, 2.75) is 19.9 Å². The van der Waals surface area contributed by atoms with E-state index in [0.717, 1.165) is 11.3 Å². The summed E-state index contributed by atoms with van der Waals surface area (Å²) in [7, 11) is 5.17. The van der Waals surface area contributed by atoms with Crippen molar-refractivity contribution in [2.24, 2.45) is 5.92 Å². The van der Waals surface area contributed by atoms with Crippen LogP contribution in [0.5, 0.6) is 17.2 Å². The monoisotopic (exact) mass is 400 g/mol. The molecule has 2 aromatic carbocycles. The van der Waals surface area contributed by atoms with Crippen molar-refractivity contribution in [2.75, 3.05) is 41.0 Å². The molecule has 0 aliphatic heterocycles. The summed E-state index contributed by atoms with van der Waals surface area (Å²) in [6.07, 6.45) is 0. The van der Waals surface area contributed by atoms with E-state index in [4.69, 9.17) is 14.2 Å². The van der Waals surface area contributed by atoms with Crippen LogP contribution in [0.3, 0.4) is 0 Å². The predicted octanol–water partition coefficient (Wildman–Crippen LogP) is 3.53. The molecule has 2 rings (SSSR count). The van der Waals surface area contributed by atoms with E-state index in [2.05, 4.69) is 19.2 Å². The van der Waals surface area contributed by atoms with Gasteiger partial charge in [0.25, 0.3) is 0 Å². The van der Waals surface area contributed by atoms with E-state index in [1.165, 1.54) is 0 Å². The molecule has 0 aliphatic carbocycles. The molecular formula is C23H32N2O4. The lowest BCUT2D eigenvalue weighted by Crippen LogP contribution is -2.40. The molecule has 0 fully saturated rings. The summed E-state index contributed by atoms with van der Waals surface area (Å²) in [6, 6.07) is 15.3. The Morgan fingerprint density at radius 2 is 1.66 bits per heavy atom. The van der Waals surface area contributed by atoms with Crippen LogP contribution in [0.25, 0.3) is 0 Å². The molecule has 0 aromatic heterocycles. The zero-order chi connectivity index (χ0) is 21.2. The van der Waals surface area contributed by atoms with Crippen LogP contribution < -0.4 is 19.5 Å². The summed E-state index contributed by atoms with van der Waals surface area (Å²) in [5.74, 6) is 2.46. The third-order valence-corrected chi connectivity index (χ3v) is 4.67. The van der Waals surface area contributed by atoms with Gasteiger partial charge in [0, 0.05) is 6.54 Å². The lowest BCUT2D eigenvalue weighted by molar-refractivity contribution is -0.123. The predicted molar refractivity (Wildman–Crippen MR) is 115 cm³/mol. The van der Waals surface area contributed by atoms with Crippen molar-refractivity contribution in [1.29, 1.82) is 0 Å². The number of carbonyl (C=O) groups excluding carboxylic acids is 1. The number of hydrogen-bond donors (Lipinski definition) is 1. The second-order valence-corrected chi connectivity index (χ2v) is 7.30. The van der Waals surface area contributed by atoms with Crippen LogP contribution in [0.4, 0.5) is 0 Å². The summed E-state index contributed by atoms with van der Waals surface area (Å²) in [6.45, 7) is 5.59. The van der Waals surface area contributed by atoms with Crippen LogP contribution in [-0.4, -0.2) is 51.8 Å². The Morgan fingerprint density at radius 3 is 2.24 bits per heavy atom. The molecule has 1 amide bonds. The van der Waals surface area contributed by atoms with Crippen molar-refractivity contribution in [3.05, 3.63) is 54.1 Å². The van der Waals surface area contributed by atoms with Crippen LogP contribution >= 0.6 is 0 Å². The van der Waals surface area contributed by atoms with Crippen LogP contribution in [0.15, 0.2) is 48.5 Å². The first-order valence-electron chi connectivity index (χ1n) is 9.82. The van der Waals surface area contributed by atoms with Gasteiger partial charge in [0.1, 0.15) is 12.4 Å². The molecule has 6 heteroatoms. The number of ether oxygens (including phenoxy) is 3. The number of hydrogen-bond acceptors (Lipinski definition) is 5. The van der Waals surface area contributed by atoms with Crippen LogP contribution in [0.2, 0.25) is 0 Å². The van der Waals surface area contributed by atoms with Gasteiger partial charge < -0.3 is 19.5 Å². The minimum absolute atomic E-state index is 0.0145. The standard InChI is InChI=1S/C23H32N2O4/c1-17(2)23(18-10-12-19(27-4)13-11-18)24-22(26)16-25(3)14-15-29-21-9-7-6-8-20(21)28-5/h6-13,17,23H,14-16H2,1-5H3,(H,24,26). The van der Waals surface area contributed by atoms with Crippen molar-refractivity contribution in [1.82, 2.24) is 10.2 Å². The third-order valence-electron chi connectivity index (χ3n) is 4.67. The van der Waals surface area contributed by atoms with E-state index in [1.54, 1.807) is 14.2 Å². The zero-order valence-electron chi connectivity index (χ0n) is 18.0. The number of amides is 1. The lowest BCUT2D eigenvalue weighted by atomic mass is 9.96. The highest BCUT2D eigenvalue weighted by atomic mass is 16.5. The normalized spacial score (nSPS) is 12.0. The summed E-state index contributed by atoms with van der Waals surface area (Å²) in [5, 5.41) is 3.15. The van der Waals surface area contributed by atoms with Gasteiger partial charge in [-0.25, -0.2) is 0 Å². The smallest absolute Gasteiger partial charge is 0.234 e. The number of nitrogens with zero attached hydrogens (tertiary/aromatic N) is 1. The highest BCUT2D eigenvalue weighted by Crippen LogP contribution is 2.26. The Kier molecular flexibility index (Phi) is 8.80. The molecule has 0 radical (unpaired) electrons. The van der Waals surface area contributed by atoms with Crippen molar-refractivity contribution in [3.8, 4) is 17.2 Å². The van der Waals surface area contributed by atoms with Crippen LogP contribution in [-0.2, 0) is 4.79 Å². The van der Waals surface area contributed by atoms with Gasteiger partial charge in [-0.3, -0.25) is 9.69 Å². The number of nitrogens with one attached hydrogen (secondary N) is 1. The Labute approximate surface area is 173 Å². The van der Waals surface area contributed by atoms with Crippen LogP contribution in [0, 0.1) is 5.92 Å². The first kappa shape index (κ1) is 22.6. The Bertz CT molecular complexity index is 762. The fourth-order valence-corrected chi connectivity index (χ4v) is 3.04. The minimum Gasteiger partial charge on any atom is -0.497 e. The molecule has 6 nitrogen and oxygen atoms in total. The second-order valence-electron chi connectivity index (χ2n) is 7.30. The van der Waals surface area contributed by atoms with Crippen molar-refractivity contribution in [3.63, 3.8) is 0 Å². The molecule has 0 spiro atoms. The molecule has 2 aromatic rings. The molecule has 158 valence electrons. The SMILES string of the molecule is COc1ccc(C(NC(=O)CN(C)CCOc2ccccc2OC)C(C)C)cc1. The van der Waals surface area contributed by atoms with Crippen molar-refractivity contribution >= 4 is 5.91 Å². The number of para-hydroxylation sites is 2. The first-order chi connectivity index (χ1) is 13.9. The minimum atomic E-state index is -0.0494. The summed E-state index contributed by atoms with van der Waals surface area (Å²) in [5.41, 5.74) is 1.07. The van der Waals surface area contributed by atoms with Gasteiger partial charge in [-0.2, -0.15) is 0 Å². The molecule has 29 heavy (non-hydrogen) atoms. The molecule has 1 unspecified atom stereocenters. The van der Waals surface area contributed by atoms with Gasteiger partial charge in [-0.1, -0.05) is 38.1 Å². The maximum absolute atomic E-state index is 12.6. The van der Waals surface area contributed by atoms with Gasteiger partial charge >= 0.3 is 0 Å². The number of benzene rings is 2. The Balaban J connectivity index is 1.84. The van der Waals surface area contributed by atoms with E-state index in [1.807, 2.05) is 60.5 Å². The maximum Gasteiger partial charge on any atom is 0.234 e. The molecule has 1 N–H and O–H groups in total. The van der Waals surface area contributed by atoms with Gasteiger partial charge in [0.2, 0.25) is 5.91 Å². The molecular weight excluding hydrogens is 368 g/mol. The third kappa shape index (κ3) is 6.98. The summed E-state index contributed by atoms with van der Waals surface area (Å²) >= 11 is 0. The fourth-order valence-electron chi connectivity index (χ4n) is 3.04. The lowest BCUT2D eigenvalue weighted by Gasteiger charge is -2.25. The average Bonchev–Trinajstić information content (AvgIpc) is 2.72. The number of rotatable bonds is 11. The largest absolute Gasteiger partial charge is 0.497 e. The van der Waals surface area contributed by atoms with Gasteiger partial charge in [-0.05, 0) is 42.8 Å². The molecule has 0 bridgehead atoms. The topological polar surface area (TPSA) is 60.0 Å². The Morgan fingerprint density at radius 1 is 1.00 bits per heavy atom. The highest BCUT2D eigenvalue weighted by molar-refractivity contribution is 5.78.